The Morgan fingerprint density at radius 1 is 1.15 bits per heavy atom. The van der Waals surface area contributed by atoms with Gasteiger partial charge in [-0.3, -0.25) is 19.7 Å². The molecule has 0 spiro atoms. The van der Waals surface area contributed by atoms with Gasteiger partial charge in [-0.25, -0.2) is 4.98 Å². The molecule has 1 aliphatic rings. The van der Waals surface area contributed by atoms with Gasteiger partial charge in [0.05, 0.1) is 40.5 Å². The number of nitrogen functional groups attached to an aromatic ring is 1. The van der Waals surface area contributed by atoms with Crippen molar-refractivity contribution in [3.05, 3.63) is 54.0 Å². The van der Waals surface area contributed by atoms with Crippen molar-refractivity contribution in [2.75, 3.05) is 17.6 Å². The summed E-state index contributed by atoms with van der Waals surface area (Å²) in [5.74, 6) is -0.691. The van der Waals surface area contributed by atoms with Gasteiger partial charge in [0.15, 0.2) is 0 Å². The fourth-order valence-corrected chi connectivity index (χ4v) is 4.53. The van der Waals surface area contributed by atoms with E-state index in [1.807, 2.05) is 31.3 Å². The van der Waals surface area contributed by atoms with Gasteiger partial charge in [0, 0.05) is 18.1 Å². The average Bonchev–Trinajstić information content (AvgIpc) is 3.31. The lowest BCUT2D eigenvalue weighted by Crippen LogP contribution is -2.46. The largest absolute Gasteiger partial charge is 0.383 e. The number of nitrogens with one attached hydrogen (secondary N) is 2. The molecule has 2 atom stereocenters. The highest BCUT2D eigenvalue weighted by Gasteiger charge is 2.34. The second kappa shape index (κ2) is 8.16. The first-order valence-electron chi connectivity index (χ1n) is 11.0. The molecule has 9 nitrogen and oxygen atoms in total. The third kappa shape index (κ3) is 3.86. The van der Waals surface area contributed by atoms with E-state index in [2.05, 4.69) is 38.5 Å². The Morgan fingerprint density at radius 3 is 2.85 bits per heavy atom. The molecule has 1 fully saturated rings. The Morgan fingerprint density at radius 2 is 2.00 bits per heavy atom. The number of rotatable bonds is 2. The first kappa shape index (κ1) is 20.9. The fraction of sp³-hybridized carbons (Fsp3) is 0.292. The molecule has 0 aliphatic carbocycles. The Kier molecular flexibility index (Phi) is 5.16. The molecule has 0 saturated carbocycles. The molecule has 4 N–H and O–H groups in total. The number of nitrogens with two attached hydrogens (primary N) is 1. The van der Waals surface area contributed by atoms with Crippen molar-refractivity contribution in [2.45, 2.75) is 32.7 Å². The predicted octanol–water partition coefficient (Wildman–Crippen LogP) is 3.34. The molecule has 1 aliphatic heterocycles. The molecule has 168 valence electrons. The van der Waals surface area contributed by atoms with Gasteiger partial charge in [-0.05, 0) is 48.9 Å². The van der Waals surface area contributed by atoms with Crippen LogP contribution in [-0.4, -0.2) is 43.4 Å². The SMILES string of the molecule is Cc1cnc2cc(C3CCC(C)CN3C(=O)C(=O)Nc3cnc(N)c4cn[nH]c34)ccc2c1. The number of piperidine rings is 1. The molecule has 1 saturated heterocycles. The number of pyridine rings is 2. The zero-order valence-electron chi connectivity index (χ0n) is 18.5. The molecule has 0 radical (unpaired) electrons. The minimum atomic E-state index is -0.717. The van der Waals surface area contributed by atoms with Crippen LogP contribution in [-0.2, 0) is 9.59 Å². The molecule has 5 rings (SSSR count). The van der Waals surface area contributed by atoms with Crippen LogP contribution < -0.4 is 11.1 Å². The van der Waals surface area contributed by atoms with Crippen molar-refractivity contribution in [1.29, 1.82) is 0 Å². The summed E-state index contributed by atoms with van der Waals surface area (Å²) in [6.07, 6.45) is 6.56. The first-order valence-corrected chi connectivity index (χ1v) is 11.0. The summed E-state index contributed by atoms with van der Waals surface area (Å²) in [7, 11) is 0. The van der Waals surface area contributed by atoms with Crippen LogP contribution in [0.25, 0.3) is 21.8 Å². The molecule has 2 unspecified atom stereocenters. The number of amides is 2. The number of benzene rings is 1. The summed E-state index contributed by atoms with van der Waals surface area (Å²) >= 11 is 0. The van der Waals surface area contributed by atoms with Crippen LogP contribution in [0.15, 0.2) is 42.9 Å². The normalized spacial score (nSPS) is 18.5. The summed E-state index contributed by atoms with van der Waals surface area (Å²) in [5, 5.41) is 11.1. The number of fused-ring (bicyclic) bond motifs is 2. The quantitative estimate of drug-likeness (QED) is 0.408. The summed E-state index contributed by atoms with van der Waals surface area (Å²) < 4.78 is 0. The Bertz CT molecular complexity index is 1380. The highest BCUT2D eigenvalue weighted by atomic mass is 16.2. The molecule has 4 aromatic rings. The van der Waals surface area contributed by atoms with Crippen LogP contribution in [0, 0.1) is 12.8 Å². The number of nitrogens with zero attached hydrogens (tertiary/aromatic N) is 4. The van der Waals surface area contributed by atoms with Gasteiger partial charge < -0.3 is 16.0 Å². The van der Waals surface area contributed by atoms with Gasteiger partial charge in [0.1, 0.15) is 5.82 Å². The van der Waals surface area contributed by atoms with E-state index in [1.54, 1.807) is 4.90 Å². The molecule has 4 heterocycles. The van der Waals surface area contributed by atoms with Crippen LogP contribution in [0.4, 0.5) is 11.5 Å². The molecule has 9 heteroatoms. The molecular weight excluding hydrogens is 418 g/mol. The Hall–Kier alpha value is -4.01. The molecule has 0 bridgehead atoms. The summed E-state index contributed by atoms with van der Waals surface area (Å²) in [4.78, 5) is 36.6. The van der Waals surface area contributed by atoms with Crippen molar-refractivity contribution in [1.82, 2.24) is 25.1 Å². The van der Waals surface area contributed by atoms with Crippen molar-refractivity contribution in [2.24, 2.45) is 5.92 Å². The van der Waals surface area contributed by atoms with Gasteiger partial charge in [0.25, 0.3) is 0 Å². The number of H-pyrrole nitrogens is 1. The number of anilines is 2. The van der Waals surface area contributed by atoms with Crippen LogP contribution in [0.3, 0.4) is 0 Å². The predicted molar refractivity (Wildman–Crippen MR) is 126 cm³/mol. The lowest BCUT2D eigenvalue weighted by molar-refractivity contribution is -0.146. The van der Waals surface area contributed by atoms with Crippen molar-refractivity contribution in [3.63, 3.8) is 0 Å². The van der Waals surface area contributed by atoms with Crippen LogP contribution in [0.2, 0.25) is 0 Å². The maximum atomic E-state index is 13.3. The lowest BCUT2D eigenvalue weighted by Gasteiger charge is -2.38. The number of aromatic amines is 1. The molecule has 33 heavy (non-hydrogen) atoms. The second-order valence-electron chi connectivity index (χ2n) is 8.79. The summed E-state index contributed by atoms with van der Waals surface area (Å²) in [6, 6.07) is 7.97. The molecule has 3 aromatic heterocycles. The Labute approximate surface area is 190 Å². The van der Waals surface area contributed by atoms with E-state index in [-0.39, 0.29) is 6.04 Å². The van der Waals surface area contributed by atoms with E-state index in [0.29, 0.717) is 34.9 Å². The third-order valence-electron chi connectivity index (χ3n) is 6.27. The zero-order valence-corrected chi connectivity index (χ0v) is 18.5. The summed E-state index contributed by atoms with van der Waals surface area (Å²) in [6.45, 7) is 4.61. The number of likely N-dealkylation sites (tertiary alicyclic amines) is 1. The fourth-order valence-electron chi connectivity index (χ4n) is 4.53. The third-order valence-corrected chi connectivity index (χ3v) is 6.27. The van der Waals surface area contributed by atoms with Crippen molar-refractivity contribution < 1.29 is 9.59 Å². The smallest absolute Gasteiger partial charge is 0.314 e. The number of hydrogen-bond acceptors (Lipinski definition) is 6. The monoisotopic (exact) mass is 443 g/mol. The minimum Gasteiger partial charge on any atom is -0.383 e. The maximum Gasteiger partial charge on any atom is 0.314 e. The average molecular weight is 444 g/mol. The first-order chi connectivity index (χ1) is 15.9. The van der Waals surface area contributed by atoms with Gasteiger partial charge >= 0.3 is 11.8 Å². The van der Waals surface area contributed by atoms with E-state index in [4.69, 9.17) is 5.73 Å². The van der Waals surface area contributed by atoms with Gasteiger partial charge in [-0.2, -0.15) is 5.10 Å². The minimum absolute atomic E-state index is 0.191. The van der Waals surface area contributed by atoms with Crippen molar-refractivity contribution >= 4 is 45.1 Å². The van der Waals surface area contributed by atoms with E-state index < -0.39 is 11.8 Å². The maximum absolute atomic E-state index is 13.3. The van der Waals surface area contributed by atoms with E-state index in [1.165, 1.54) is 12.4 Å². The number of carbonyl (C=O) groups excluding carboxylic acids is 2. The number of hydrogen-bond donors (Lipinski definition) is 3. The van der Waals surface area contributed by atoms with E-state index >= 15 is 0 Å². The van der Waals surface area contributed by atoms with Gasteiger partial charge in [-0.1, -0.05) is 19.1 Å². The van der Waals surface area contributed by atoms with Gasteiger partial charge in [-0.15, -0.1) is 0 Å². The highest BCUT2D eigenvalue weighted by molar-refractivity contribution is 6.40. The standard InChI is InChI=1S/C24H25N7O2/c1-13-3-6-20(16-5-4-15-7-14(2)9-26-18(15)8-16)31(12-13)24(33)23(32)29-19-11-27-22(25)17-10-28-30-21(17)19/h4-5,7-11,13,20H,3,6,12H2,1-2H3,(H2,25,27)(H,28,30)(H,29,32). The lowest BCUT2D eigenvalue weighted by atomic mass is 9.89. The van der Waals surface area contributed by atoms with E-state index in [9.17, 15) is 9.59 Å². The van der Waals surface area contributed by atoms with Gasteiger partial charge in [0.2, 0.25) is 0 Å². The number of aromatic nitrogens is 4. The van der Waals surface area contributed by atoms with Crippen LogP contribution in [0.1, 0.15) is 36.9 Å². The Balaban J connectivity index is 1.43. The second-order valence-corrected chi connectivity index (χ2v) is 8.79. The zero-order chi connectivity index (χ0) is 23.1. The van der Waals surface area contributed by atoms with Crippen molar-refractivity contribution in [3.8, 4) is 0 Å². The number of aryl methyl sites for hydroxylation is 1. The van der Waals surface area contributed by atoms with E-state index in [0.717, 1.165) is 34.9 Å². The molecule has 1 aromatic carbocycles. The highest BCUT2D eigenvalue weighted by Crippen LogP contribution is 2.35. The topological polar surface area (TPSA) is 130 Å². The number of carbonyl (C=O) groups is 2. The molecular formula is C24H25N7O2. The summed E-state index contributed by atoms with van der Waals surface area (Å²) in [5.41, 5.74) is 9.71. The van der Waals surface area contributed by atoms with Crippen LogP contribution in [0.5, 0.6) is 0 Å². The molecule has 2 amide bonds. The van der Waals surface area contributed by atoms with Crippen LogP contribution >= 0.6 is 0 Å².